The lowest BCUT2D eigenvalue weighted by Crippen LogP contribution is -2.48. The summed E-state index contributed by atoms with van der Waals surface area (Å²) in [6.45, 7) is -2.35. The number of halogens is 5. The van der Waals surface area contributed by atoms with Crippen molar-refractivity contribution in [2.75, 3.05) is 18.4 Å². The van der Waals surface area contributed by atoms with Crippen LogP contribution in [0.15, 0.2) is 65.1 Å². The van der Waals surface area contributed by atoms with Gasteiger partial charge >= 0.3 is 12.8 Å². The molecule has 1 aliphatic carbocycles. The van der Waals surface area contributed by atoms with Gasteiger partial charge in [0.05, 0.1) is 5.56 Å². The minimum Gasteiger partial charge on any atom is -0.451 e. The zero-order valence-electron chi connectivity index (χ0n) is 22.7. The smallest absolute Gasteiger partial charge is 0.416 e. The van der Waals surface area contributed by atoms with E-state index in [0.29, 0.717) is 18.7 Å². The van der Waals surface area contributed by atoms with E-state index < -0.39 is 30.3 Å². The second-order valence-electron chi connectivity index (χ2n) is 10.1. The molecule has 7 nitrogen and oxygen atoms in total. The number of hydrogen-bond acceptors (Lipinski definition) is 5. The van der Waals surface area contributed by atoms with Crippen molar-refractivity contribution in [1.29, 1.82) is 0 Å². The van der Waals surface area contributed by atoms with Crippen molar-refractivity contribution in [3.05, 3.63) is 72.0 Å². The van der Waals surface area contributed by atoms with Gasteiger partial charge in [-0.1, -0.05) is 44.2 Å². The maximum absolute atomic E-state index is 13.1. The molecule has 226 valence electrons. The van der Waals surface area contributed by atoms with Gasteiger partial charge in [-0.2, -0.15) is 22.0 Å². The molecule has 12 heteroatoms. The molecule has 3 aromatic rings. The Morgan fingerprint density at radius 1 is 0.952 bits per heavy atom. The van der Waals surface area contributed by atoms with Crippen molar-refractivity contribution in [3.8, 4) is 17.1 Å². The highest BCUT2D eigenvalue weighted by Crippen LogP contribution is 2.33. The third-order valence-electron chi connectivity index (χ3n) is 7.05. The van der Waals surface area contributed by atoms with Crippen LogP contribution >= 0.6 is 0 Å². The monoisotopic (exact) mass is 593 g/mol. The molecule has 1 heterocycles. The molecule has 1 aromatic heterocycles. The first-order valence-corrected chi connectivity index (χ1v) is 13.7. The highest BCUT2D eigenvalue weighted by molar-refractivity contribution is 5.96. The number of rotatable bonds is 12. The Morgan fingerprint density at radius 3 is 2.38 bits per heavy atom. The lowest BCUT2D eigenvalue weighted by Gasteiger charge is -2.26. The zero-order chi connectivity index (χ0) is 30.1. The zero-order valence-corrected chi connectivity index (χ0v) is 22.7. The number of ether oxygens (including phenoxy) is 1. The van der Waals surface area contributed by atoms with E-state index in [1.54, 1.807) is 12.1 Å². The Morgan fingerprint density at radius 2 is 1.69 bits per heavy atom. The van der Waals surface area contributed by atoms with E-state index in [1.165, 1.54) is 36.4 Å². The Hall–Kier alpha value is -4.09. The van der Waals surface area contributed by atoms with Crippen LogP contribution in [-0.2, 0) is 11.0 Å². The molecule has 1 saturated carbocycles. The fourth-order valence-corrected chi connectivity index (χ4v) is 4.95. The molecule has 1 atom stereocenters. The van der Waals surface area contributed by atoms with Gasteiger partial charge in [0.1, 0.15) is 17.6 Å². The summed E-state index contributed by atoms with van der Waals surface area (Å²) in [7, 11) is 0. The molecule has 0 bridgehead atoms. The number of anilines is 1. The standard InChI is InChI=1S/C30H32F5N3O4/c31-29(32)41-23-11-9-22(10-12-23)36-15-16-37-27(39)24(17-19-5-2-1-3-6-19)38-28(40)26-14-13-25(42-26)20-7-4-8-21(18-20)30(33,34)35/h4,7-14,18-19,24,29,36H,1-3,5-6,15-17H2,(H,37,39)(H,38,40)/t24-/m0/s1. The van der Waals surface area contributed by atoms with Gasteiger partial charge in [-0.15, -0.1) is 0 Å². The molecule has 4 rings (SSSR count). The highest BCUT2D eigenvalue weighted by Gasteiger charge is 2.31. The van der Waals surface area contributed by atoms with Crippen molar-refractivity contribution in [2.24, 2.45) is 5.92 Å². The predicted molar refractivity (Wildman–Crippen MR) is 146 cm³/mol. The van der Waals surface area contributed by atoms with Gasteiger partial charge in [0.2, 0.25) is 5.91 Å². The summed E-state index contributed by atoms with van der Waals surface area (Å²) in [5, 5.41) is 8.62. The number of carbonyl (C=O) groups is 2. The van der Waals surface area contributed by atoms with Gasteiger partial charge < -0.3 is 25.1 Å². The molecule has 42 heavy (non-hydrogen) atoms. The summed E-state index contributed by atoms with van der Waals surface area (Å²) < 4.78 is 73.9. The quantitative estimate of drug-likeness (QED) is 0.158. The van der Waals surface area contributed by atoms with Crippen molar-refractivity contribution in [1.82, 2.24) is 10.6 Å². The van der Waals surface area contributed by atoms with E-state index in [4.69, 9.17) is 4.42 Å². The van der Waals surface area contributed by atoms with E-state index in [2.05, 4.69) is 20.7 Å². The first kappa shape index (κ1) is 30.9. The molecule has 1 aliphatic rings. The third-order valence-corrected chi connectivity index (χ3v) is 7.05. The first-order chi connectivity index (χ1) is 20.1. The van der Waals surface area contributed by atoms with Crippen LogP contribution in [0.4, 0.5) is 27.6 Å². The van der Waals surface area contributed by atoms with E-state index in [-0.39, 0.29) is 41.2 Å². The minimum atomic E-state index is -4.52. The minimum absolute atomic E-state index is 0.0312. The predicted octanol–water partition coefficient (Wildman–Crippen LogP) is 6.86. The van der Waals surface area contributed by atoms with Crippen LogP contribution < -0.4 is 20.7 Å². The molecule has 3 N–H and O–H groups in total. The number of amides is 2. The Balaban J connectivity index is 1.35. The van der Waals surface area contributed by atoms with E-state index in [1.807, 2.05) is 0 Å². The van der Waals surface area contributed by atoms with Gasteiger partial charge in [0.15, 0.2) is 5.76 Å². The second-order valence-corrected chi connectivity index (χ2v) is 10.1. The lowest BCUT2D eigenvalue weighted by molar-refractivity contribution is -0.137. The van der Waals surface area contributed by atoms with Crippen LogP contribution in [0.2, 0.25) is 0 Å². The Labute approximate surface area is 239 Å². The maximum Gasteiger partial charge on any atom is 0.416 e. The summed E-state index contributed by atoms with van der Waals surface area (Å²) in [5.74, 6) is -0.749. The molecular weight excluding hydrogens is 561 g/mol. The summed E-state index contributed by atoms with van der Waals surface area (Å²) >= 11 is 0. The average Bonchev–Trinajstić information content (AvgIpc) is 3.46. The molecule has 2 amide bonds. The Bertz CT molecular complexity index is 1320. The second kappa shape index (κ2) is 14.2. The first-order valence-electron chi connectivity index (χ1n) is 13.7. The third kappa shape index (κ3) is 8.95. The topological polar surface area (TPSA) is 92.6 Å². The summed E-state index contributed by atoms with van der Waals surface area (Å²) in [6, 6.07) is 12.5. The number of nitrogens with one attached hydrogen (secondary N) is 3. The van der Waals surface area contributed by atoms with Crippen LogP contribution in [0.25, 0.3) is 11.3 Å². The van der Waals surface area contributed by atoms with Crippen molar-refractivity contribution in [2.45, 2.75) is 57.4 Å². The van der Waals surface area contributed by atoms with Crippen LogP contribution in [0.1, 0.15) is 54.6 Å². The van der Waals surface area contributed by atoms with Crippen LogP contribution in [0.5, 0.6) is 5.75 Å². The molecule has 0 unspecified atom stereocenters. The van der Waals surface area contributed by atoms with Gasteiger partial charge in [-0.25, -0.2) is 0 Å². The summed E-state index contributed by atoms with van der Waals surface area (Å²) in [5.41, 5.74) is -0.0183. The average molecular weight is 594 g/mol. The van der Waals surface area contributed by atoms with E-state index in [9.17, 15) is 31.5 Å². The van der Waals surface area contributed by atoms with Gasteiger partial charge in [0, 0.05) is 24.3 Å². The largest absolute Gasteiger partial charge is 0.451 e. The van der Waals surface area contributed by atoms with Crippen LogP contribution in [0, 0.1) is 5.92 Å². The van der Waals surface area contributed by atoms with Crippen molar-refractivity contribution >= 4 is 17.5 Å². The number of carbonyl (C=O) groups excluding carboxylic acids is 2. The van der Waals surface area contributed by atoms with Crippen molar-refractivity contribution < 1.29 is 40.7 Å². The molecule has 0 aliphatic heterocycles. The fourth-order valence-electron chi connectivity index (χ4n) is 4.95. The lowest BCUT2D eigenvalue weighted by atomic mass is 9.84. The van der Waals surface area contributed by atoms with E-state index in [0.717, 1.165) is 44.2 Å². The van der Waals surface area contributed by atoms with Gasteiger partial charge in [0.25, 0.3) is 5.91 Å². The molecular formula is C30H32F5N3O4. The maximum atomic E-state index is 13.1. The number of alkyl halides is 5. The van der Waals surface area contributed by atoms with Crippen LogP contribution in [-0.4, -0.2) is 37.6 Å². The van der Waals surface area contributed by atoms with Crippen molar-refractivity contribution in [3.63, 3.8) is 0 Å². The number of benzene rings is 2. The molecule has 0 spiro atoms. The molecule has 0 radical (unpaired) electrons. The number of furan rings is 1. The summed E-state index contributed by atoms with van der Waals surface area (Å²) in [6.07, 6.45) is 1.06. The van der Waals surface area contributed by atoms with Gasteiger partial charge in [-0.05, 0) is 60.9 Å². The normalized spacial score (nSPS) is 14.8. The number of hydrogen-bond donors (Lipinski definition) is 3. The fraction of sp³-hybridized carbons (Fsp3) is 0.400. The molecule has 1 fully saturated rings. The van der Waals surface area contributed by atoms with Crippen LogP contribution in [0.3, 0.4) is 0 Å². The van der Waals surface area contributed by atoms with Gasteiger partial charge in [-0.3, -0.25) is 9.59 Å². The Kier molecular flexibility index (Phi) is 10.4. The highest BCUT2D eigenvalue weighted by atomic mass is 19.4. The van der Waals surface area contributed by atoms with E-state index >= 15 is 0 Å². The molecule has 2 aromatic carbocycles. The molecule has 0 saturated heterocycles. The SMILES string of the molecule is O=C(N[C@@H](CC1CCCCC1)C(=O)NCCNc1ccc(OC(F)F)cc1)c1ccc(-c2cccc(C(F)(F)F)c2)o1. The summed E-state index contributed by atoms with van der Waals surface area (Å²) in [4.78, 5) is 26.2.